The normalized spacial score (nSPS) is 12.3. The molecule has 0 bridgehead atoms. The third-order valence-corrected chi connectivity index (χ3v) is 6.77. The van der Waals surface area contributed by atoms with Crippen molar-refractivity contribution < 1.29 is 4.57 Å². The minimum Gasteiger partial charge on any atom is -0.198 e. The first-order chi connectivity index (χ1) is 14.4. The molecule has 0 N–H and O–H groups in total. The molecule has 0 aliphatic rings. The average molecular weight is 395 g/mol. The van der Waals surface area contributed by atoms with Gasteiger partial charge in [0.25, 0.3) is 0 Å². The van der Waals surface area contributed by atoms with Crippen LogP contribution in [0.15, 0.2) is 66.7 Å². The molecule has 0 aliphatic heterocycles. The van der Waals surface area contributed by atoms with E-state index in [1.54, 1.807) is 0 Å². The van der Waals surface area contributed by atoms with Gasteiger partial charge in [-0.2, -0.15) is 4.57 Å². The minimum absolute atomic E-state index is 0.581. The van der Waals surface area contributed by atoms with Crippen molar-refractivity contribution in [2.45, 2.75) is 47.0 Å². The van der Waals surface area contributed by atoms with E-state index in [4.69, 9.17) is 0 Å². The van der Waals surface area contributed by atoms with Crippen molar-refractivity contribution in [3.8, 4) is 22.4 Å². The highest BCUT2D eigenvalue weighted by molar-refractivity contribution is 5.95. The molecule has 4 aromatic rings. The molecular formula is C29H32N+. The summed E-state index contributed by atoms with van der Waals surface area (Å²) in [6.07, 6.45) is 1.16. The summed E-state index contributed by atoms with van der Waals surface area (Å²) >= 11 is 0. The van der Waals surface area contributed by atoms with E-state index < -0.39 is 0 Å². The Labute approximate surface area is 181 Å². The second-order valence-corrected chi connectivity index (χ2v) is 8.68. The number of nitrogens with zero attached hydrogens (tertiary/aromatic N) is 1. The summed E-state index contributed by atoms with van der Waals surface area (Å²) in [6.45, 7) is 11.3. The van der Waals surface area contributed by atoms with Crippen LogP contribution in [0.1, 0.15) is 48.6 Å². The second kappa shape index (κ2) is 8.07. The quantitative estimate of drug-likeness (QED) is 0.317. The maximum Gasteiger partial charge on any atom is 0.220 e. The van der Waals surface area contributed by atoms with Gasteiger partial charge in [-0.15, -0.1) is 0 Å². The van der Waals surface area contributed by atoms with Gasteiger partial charge in [0.05, 0.1) is 10.9 Å². The van der Waals surface area contributed by atoms with Crippen molar-refractivity contribution in [3.05, 3.63) is 89.1 Å². The first-order valence-electron chi connectivity index (χ1n) is 11.0. The van der Waals surface area contributed by atoms with E-state index in [-0.39, 0.29) is 0 Å². The van der Waals surface area contributed by atoms with E-state index in [0.717, 1.165) is 6.42 Å². The molecule has 1 nitrogen and oxygen atoms in total. The highest BCUT2D eigenvalue weighted by Crippen LogP contribution is 2.35. The van der Waals surface area contributed by atoms with Crippen LogP contribution in [0.5, 0.6) is 0 Å². The van der Waals surface area contributed by atoms with Gasteiger partial charge in [-0.1, -0.05) is 62.4 Å². The molecule has 1 atom stereocenters. The van der Waals surface area contributed by atoms with Gasteiger partial charge in [0.15, 0.2) is 5.69 Å². The summed E-state index contributed by atoms with van der Waals surface area (Å²) < 4.78 is 2.35. The molecule has 0 aliphatic carbocycles. The van der Waals surface area contributed by atoms with Crippen molar-refractivity contribution in [1.82, 2.24) is 0 Å². The van der Waals surface area contributed by atoms with Gasteiger partial charge in [-0.05, 0) is 71.5 Å². The first-order valence-corrected chi connectivity index (χ1v) is 11.0. The monoisotopic (exact) mass is 394 g/mol. The molecule has 0 spiro atoms. The molecular weight excluding hydrogens is 362 g/mol. The SMILES string of the molecule is CCC(C)c1ccc2c(-c3cc(-c4ccccc4)cc(C)c3C)[n+](C)c(C)cc2c1. The number of benzene rings is 3. The lowest BCUT2D eigenvalue weighted by Gasteiger charge is -2.15. The van der Waals surface area contributed by atoms with E-state index >= 15 is 0 Å². The van der Waals surface area contributed by atoms with E-state index in [1.165, 1.54) is 55.5 Å². The van der Waals surface area contributed by atoms with Gasteiger partial charge in [0, 0.05) is 13.0 Å². The van der Waals surface area contributed by atoms with Crippen LogP contribution in [0.3, 0.4) is 0 Å². The van der Waals surface area contributed by atoms with Crippen LogP contribution in [-0.2, 0) is 7.05 Å². The van der Waals surface area contributed by atoms with Crippen LogP contribution < -0.4 is 4.57 Å². The Kier molecular flexibility index (Phi) is 5.47. The van der Waals surface area contributed by atoms with Gasteiger partial charge in [0.1, 0.15) is 7.05 Å². The molecule has 152 valence electrons. The topological polar surface area (TPSA) is 3.88 Å². The number of aryl methyl sites for hydroxylation is 2. The molecule has 0 saturated carbocycles. The van der Waals surface area contributed by atoms with E-state index in [1.807, 2.05) is 0 Å². The number of pyridine rings is 1. The summed E-state index contributed by atoms with van der Waals surface area (Å²) in [5, 5.41) is 2.66. The van der Waals surface area contributed by atoms with E-state index in [2.05, 4.69) is 113 Å². The second-order valence-electron chi connectivity index (χ2n) is 8.68. The van der Waals surface area contributed by atoms with Crippen LogP contribution in [0.25, 0.3) is 33.2 Å². The molecule has 0 saturated heterocycles. The van der Waals surface area contributed by atoms with Crippen molar-refractivity contribution >= 4 is 10.8 Å². The van der Waals surface area contributed by atoms with Crippen molar-refractivity contribution in [2.24, 2.45) is 7.05 Å². The van der Waals surface area contributed by atoms with Gasteiger partial charge in [-0.3, -0.25) is 0 Å². The molecule has 3 aromatic carbocycles. The Balaban J connectivity index is 2.01. The lowest BCUT2D eigenvalue weighted by molar-refractivity contribution is -0.665. The van der Waals surface area contributed by atoms with Crippen LogP contribution in [0.4, 0.5) is 0 Å². The fourth-order valence-electron chi connectivity index (χ4n) is 4.37. The maximum atomic E-state index is 2.39. The average Bonchev–Trinajstić information content (AvgIpc) is 2.76. The number of fused-ring (bicyclic) bond motifs is 1. The summed E-state index contributed by atoms with van der Waals surface area (Å²) in [5.74, 6) is 0.581. The lowest BCUT2D eigenvalue weighted by Crippen LogP contribution is -2.35. The molecule has 1 heterocycles. The molecule has 30 heavy (non-hydrogen) atoms. The largest absolute Gasteiger partial charge is 0.220 e. The maximum absolute atomic E-state index is 2.39. The van der Waals surface area contributed by atoms with Gasteiger partial charge >= 0.3 is 0 Å². The Hall–Kier alpha value is -2.93. The Morgan fingerprint density at radius 2 is 1.57 bits per heavy atom. The molecule has 1 heteroatoms. The minimum atomic E-state index is 0.581. The van der Waals surface area contributed by atoms with Crippen LogP contribution >= 0.6 is 0 Å². The predicted octanol–water partition coefficient (Wildman–Crippen LogP) is 7.44. The third-order valence-electron chi connectivity index (χ3n) is 6.77. The highest BCUT2D eigenvalue weighted by atomic mass is 14.9. The zero-order chi connectivity index (χ0) is 21.4. The summed E-state index contributed by atoms with van der Waals surface area (Å²) in [7, 11) is 2.19. The Morgan fingerprint density at radius 3 is 2.27 bits per heavy atom. The zero-order valence-electron chi connectivity index (χ0n) is 19.1. The molecule has 1 aromatic heterocycles. The third kappa shape index (κ3) is 3.54. The number of aromatic nitrogens is 1. The molecule has 1 unspecified atom stereocenters. The van der Waals surface area contributed by atoms with Crippen LogP contribution in [-0.4, -0.2) is 0 Å². The number of hydrogen-bond donors (Lipinski definition) is 0. The Bertz CT molecular complexity index is 1220. The van der Waals surface area contributed by atoms with Crippen molar-refractivity contribution in [1.29, 1.82) is 0 Å². The standard InChI is InChI=1S/C29H32N/c1-7-19(2)24-13-14-27-26(17-24)16-21(4)30(6)29(27)28-18-25(15-20(3)22(28)5)23-11-9-8-10-12-23/h8-19H,7H2,1-6H3/q+1. The van der Waals surface area contributed by atoms with Gasteiger partial charge in [-0.25, -0.2) is 0 Å². The number of rotatable bonds is 4. The highest BCUT2D eigenvalue weighted by Gasteiger charge is 2.22. The lowest BCUT2D eigenvalue weighted by atomic mass is 9.90. The fourth-order valence-corrected chi connectivity index (χ4v) is 4.37. The smallest absolute Gasteiger partial charge is 0.198 e. The summed E-state index contributed by atoms with van der Waals surface area (Å²) in [4.78, 5) is 0. The van der Waals surface area contributed by atoms with E-state index in [9.17, 15) is 0 Å². The van der Waals surface area contributed by atoms with Crippen LogP contribution in [0, 0.1) is 20.8 Å². The molecule has 0 amide bonds. The molecule has 0 fully saturated rings. The van der Waals surface area contributed by atoms with Crippen molar-refractivity contribution in [3.63, 3.8) is 0 Å². The zero-order valence-corrected chi connectivity index (χ0v) is 19.1. The predicted molar refractivity (Wildman–Crippen MR) is 129 cm³/mol. The first kappa shape index (κ1) is 20.3. The fraction of sp³-hybridized carbons (Fsp3) is 0.276. The van der Waals surface area contributed by atoms with Crippen molar-refractivity contribution in [2.75, 3.05) is 0 Å². The van der Waals surface area contributed by atoms with Gasteiger partial charge < -0.3 is 0 Å². The number of hydrogen-bond acceptors (Lipinski definition) is 0. The van der Waals surface area contributed by atoms with Gasteiger partial charge in [0.2, 0.25) is 5.69 Å². The van der Waals surface area contributed by atoms with E-state index in [0.29, 0.717) is 5.92 Å². The molecule has 4 rings (SSSR count). The summed E-state index contributed by atoms with van der Waals surface area (Å²) in [6, 6.07) is 24.7. The Morgan fingerprint density at radius 1 is 0.833 bits per heavy atom. The summed E-state index contributed by atoms with van der Waals surface area (Å²) in [5.41, 5.74) is 10.6. The molecule has 0 radical (unpaired) electrons. The van der Waals surface area contributed by atoms with Crippen LogP contribution in [0.2, 0.25) is 0 Å².